The number of ether oxygens (including phenoxy) is 1. The molecule has 3 rings (SSSR count). The number of aryl methyl sites for hydroxylation is 1. The fraction of sp³-hybridized carbons (Fsp3) is 0.294. The van der Waals surface area contributed by atoms with Gasteiger partial charge in [-0.1, -0.05) is 17.3 Å². The predicted octanol–water partition coefficient (Wildman–Crippen LogP) is 1.87. The molecule has 1 N–H and O–H groups in total. The number of aromatic nitrogens is 2. The summed E-state index contributed by atoms with van der Waals surface area (Å²) in [6, 6.07) is 5.76. The van der Waals surface area contributed by atoms with E-state index >= 15 is 0 Å². The monoisotopic (exact) mass is 360 g/mol. The van der Waals surface area contributed by atoms with E-state index in [1.807, 2.05) is 0 Å². The van der Waals surface area contributed by atoms with Crippen molar-refractivity contribution in [1.82, 2.24) is 9.78 Å². The first kappa shape index (κ1) is 17.6. The quantitative estimate of drug-likeness (QED) is 0.822. The number of carbonyl (C=O) groups is 2. The van der Waals surface area contributed by atoms with Gasteiger partial charge in [-0.05, 0) is 24.6 Å². The van der Waals surface area contributed by atoms with Crippen molar-refractivity contribution in [1.29, 1.82) is 0 Å². The topological polar surface area (TPSA) is 94.8 Å². The van der Waals surface area contributed by atoms with Gasteiger partial charge in [0, 0.05) is 13.5 Å². The zero-order valence-electron chi connectivity index (χ0n) is 14.2. The van der Waals surface area contributed by atoms with Crippen molar-refractivity contribution in [3.8, 4) is 0 Å². The Kier molecular flexibility index (Phi) is 4.97. The van der Waals surface area contributed by atoms with Crippen LogP contribution in [0.2, 0.25) is 0 Å². The van der Waals surface area contributed by atoms with Gasteiger partial charge in [0.25, 0.3) is 5.91 Å². The molecule has 1 aromatic carbocycles. The maximum absolute atomic E-state index is 13.0. The van der Waals surface area contributed by atoms with Gasteiger partial charge >= 0.3 is 5.97 Å². The van der Waals surface area contributed by atoms with Gasteiger partial charge in [-0.15, -0.1) is 0 Å². The van der Waals surface area contributed by atoms with Crippen molar-refractivity contribution < 1.29 is 23.6 Å². The van der Waals surface area contributed by atoms with Crippen LogP contribution in [0.5, 0.6) is 0 Å². The average molecular weight is 360 g/mol. The fourth-order valence-electron chi connectivity index (χ4n) is 2.47. The van der Waals surface area contributed by atoms with Gasteiger partial charge in [0.05, 0.1) is 18.5 Å². The summed E-state index contributed by atoms with van der Waals surface area (Å²) in [7, 11) is 1.59. The Morgan fingerprint density at radius 1 is 1.38 bits per heavy atom. The first-order valence-corrected chi connectivity index (χ1v) is 7.98. The minimum absolute atomic E-state index is 0.153. The Balaban J connectivity index is 1.68. The summed E-state index contributed by atoms with van der Waals surface area (Å²) in [5.74, 6) is -1.19. The van der Waals surface area contributed by atoms with Crippen LogP contribution in [0.25, 0.3) is 0 Å². The average Bonchev–Trinajstić information content (AvgIpc) is 3.24. The molecular weight excluding hydrogens is 343 g/mol. The van der Waals surface area contributed by atoms with Crippen LogP contribution in [0.4, 0.5) is 10.2 Å². The molecule has 2 heterocycles. The normalized spacial score (nSPS) is 16.0. The number of anilines is 1. The van der Waals surface area contributed by atoms with E-state index < -0.39 is 18.0 Å². The molecule has 1 unspecified atom stereocenters. The van der Waals surface area contributed by atoms with Crippen molar-refractivity contribution in [2.45, 2.75) is 19.4 Å². The predicted molar refractivity (Wildman–Crippen MR) is 90.2 cm³/mol. The maximum atomic E-state index is 13.0. The van der Waals surface area contributed by atoms with Crippen LogP contribution in [-0.4, -0.2) is 40.1 Å². The molecule has 0 radical (unpaired) electrons. The molecule has 9 heteroatoms. The summed E-state index contributed by atoms with van der Waals surface area (Å²) in [5, 5.41) is 10.5. The highest BCUT2D eigenvalue weighted by atomic mass is 19.1. The lowest BCUT2D eigenvalue weighted by atomic mass is 10.0. The van der Waals surface area contributed by atoms with Crippen molar-refractivity contribution in [2.75, 3.05) is 11.9 Å². The van der Waals surface area contributed by atoms with Gasteiger partial charge in [-0.25, -0.2) is 9.18 Å². The van der Waals surface area contributed by atoms with E-state index in [-0.39, 0.29) is 30.2 Å². The van der Waals surface area contributed by atoms with Crippen LogP contribution in [0.1, 0.15) is 29.3 Å². The molecular formula is C17H17FN4O4. The van der Waals surface area contributed by atoms with E-state index in [4.69, 9.17) is 9.57 Å². The molecule has 2 aromatic rings. The highest BCUT2D eigenvalue weighted by Gasteiger charge is 2.30. The Bertz CT molecular complexity index is 860. The SMILES string of the molecule is CCOC(=O)c1cnn(C)c1NC(=O)C1CC(c2ccc(F)cc2)=NO1. The standard InChI is InChI=1S/C17H17FN4O4/c1-3-25-17(24)12-9-19-22(2)15(12)20-16(23)14-8-13(21-26-14)10-4-6-11(18)7-5-10/h4-7,9,14H,3,8H2,1-2H3,(H,20,23). The Morgan fingerprint density at radius 2 is 2.12 bits per heavy atom. The van der Waals surface area contributed by atoms with Crippen molar-refractivity contribution in [2.24, 2.45) is 12.2 Å². The summed E-state index contributed by atoms with van der Waals surface area (Å²) in [5.41, 5.74) is 1.37. The molecule has 1 aliphatic rings. The van der Waals surface area contributed by atoms with Crippen molar-refractivity contribution >= 4 is 23.4 Å². The molecule has 0 saturated heterocycles. The molecule has 1 aromatic heterocycles. The van der Waals surface area contributed by atoms with Crippen molar-refractivity contribution in [3.63, 3.8) is 0 Å². The lowest BCUT2D eigenvalue weighted by Gasteiger charge is -2.11. The number of carbonyl (C=O) groups excluding carboxylic acids is 2. The number of amides is 1. The molecule has 1 amide bonds. The van der Waals surface area contributed by atoms with E-state index in [1.165, 1.54) is 23.0 Å². The van der Waals surface area contributed by atoms with Crippen LogP contribution >= 0.6 is 0 Å². The van der Waals surface area contributed by atoms with Gasteiger partial charge in [-0.3, -0.25) is 9.48 Å². The maximum Gasteiger partial charge on any atom is 0.343 e. The smallest absolute Gasteiger partial charge is 0.343 e. The summed E-state index contributed by atoms with van der Waals surface area (Å²) in [6.45, 7) is 1.90. The lowest BCUT2D eigenvalue weighted by molar-refractivity contribution is -0.125. The number of hydrogen-bond acceptors (Lipinski definition) is 6. The largest absolute Gasteiger partial charge is 0.462 e. The van der Waals surface area contributed by atoms with Gasteiger partial charge in [-0.2, -0.15) is 5.10 Å². The summed E-state index contributed by atoms with van der Waals surface area (Å²) >= 11 is 0. The van der Waals surface area contributed by atoms with Crippen molar-refractivity contribution in [3.05, 3.63) is 47.4 Å². The zero-order valence-corrected chi connectivity index (χ0v) is 14.2. The van der Waals surface area contributed by atoms with Crippen LogP contribution in [0.3, 0.4) is 0 Å². The summed E-state index contributed by atoms with van der Waals surface area (Å²) in [4.78, 5) is 29.6. The number of rotatable bonds is 5. The van der Waals surface area contributed by atoms with Gasteiger partial charge < -0.3 is 14.9 Å². The third kappa shape index (κ3) is 3.56. The molecule has 0 aliphatic carbocycles. The minimum Gasteiger partial charge on any atom is -0.462 e. The Hall–Kier alpha value is -3.23. The second-order valence-electron chi connectivity index (χ2n) is 5.58. The number of esters is 1. The number of hydrogen-bond donors (Lipinski definition) is 1. The summed E-state index contributed by atoms with van der Waals surface area (Å²) in [6.07, 6.45) is 0.688. The second kappa shape index (κ2) is 7.34. The first-order chi connectivity index (χ1) is 12.5. The molecule has 1 atom stereocenters. The van der Waals surface area contributed by atoms with E-state index in [1.54, 1.807) is 26.1 Å². The molecule has 8 nitrogen and oxygen atoms in total. The van der Waals surface area contributed by atoms with E-state index in [2.05, 4.69) is 15.6 Å². The third-order valence-electron chi connectivity index (χ3n) is 3.81. The fourth-order valence-corrected chi connectivity index (χ4v) is 2.47. The van der Waals surface area contributed by atoms with Crippen LogP contribution in [-0.2, 0) is 21.4 Å². The highest BCUT2D eigenvalue weighted by molar-refractivity contribution is 6.07. The second-order valence-corrected chi connectivity index (χ2v) is 5.58. The first-order valence-electron chi connectivity index (χ1n) is 7.98. The number of halogens is 1. The molecule has 26 heavy (non-hydrogen) atoms. The Morgan fingerprint density at radius 3 is 2.81 bits per heavy atom. The lowest BCUT2D eigenvalue weighted by Crippen LogP contribution is -2.29. The van der Waals surface area contributed by atoms with Crippen LogP contribution in [0, 0.1) is 5.82 Å². The molecule has 1 aliphatic heterocycles. The summed E-state index contributed by atoms with van der Waals surface area (Å²) < 4.78 is 19.3. The number of nitrogens with one attached hydrogen (secondary N) is 1. The highest BCUT2D eigenvalue weighted by Crippen LogP contribution is 2.20. The van der Waals surface area contributed by atoms with Gasteiger partial charge in [0.2, 0.25) is 6.10 Å². The zero-order chi connectivity index (χ0) is 18.7. The molecule has 0 bridgehead atoms. The van der Waals surface area contributed by atoms with Gasteiger partial charge in [0.1, 0.15) is 17.2 Å². The minimum atomic E-state index is -0.861. The van der Waals surface area contributed by atoms with E-state index in [9.17, 15) is 14.0 Å². The molecule has 0 fully saturated rings. The van der Waals surface area contributed by atoms with Gasteiger partial charge in [0.15, 0.2) is 0 Å². The van der Waals surface area contributed by atoms with Crippen LogP contribution < -0.4 is 5.32 Å². The molecule has 0 saturated carbocycles. The molecule has 136 valence electrons. The third-order valence-corrected chi connectivity index (χ3v) is 3.81. The van der Waals surface area contributed by atoms with E-state index in [0.29, 0.717) is 11.3 Å². The number of benzene rings is 1. The Labute approximate surface area is 148 Å². The number of nitrogens with zero attached hydrogens (tertiary/aromatic N) is 3. The number of oxime groups is 1. The van der Waals surface area contributed by atoms with Crippen LogP contribution in [0.15, 0.2) is 35.6 Å². The van der Waals surface area contributed by atoms with E-state index in [0.717, 1.165) is 0 Å². The molecule has 0 spiro atoms.